The average Bonchev–Trinajstić information content (AvgIpc) is 2.56. The van der Waals surface area contributed by atoms with E-state index in [1.807, 2.05) is 5.32 Å². The summed E-state index contributed by atoms with van der Waals surface area (Å²) in [4.78, 5) is 33.3. The molecule has 2 aromatic rings. The Labute approximate surface area is 134 Å². The van der Waals surface area contributed by atoms with Gasteiger partial charge in [0.15, 0.2) is 6.61 Å². The van der Waals surface area contributed by atoms with Gasteiger partial charge < -0.3 is 10.1 Å². The Morgan fingerprint density at radius 2 is 1.92 bits per heavy atom. The molecular formula is C15H10F2N2O5. The minimum absolute atomic E-state index is 0.117. The van der Waals surface area contributed by atoms with E-state index in [1.54, 1.807) is 0 Å². The summed E-state index contributed by atoms with van der Waals surface area (Å²) in [5, 5.41) is 12.7. The van der Waals surface area contributed by atoms with Crippen molar-refractivity contribution in [2.24, 2.45) is 0 Å². The van der Waals surface area contributed by atoms with Crippen LogP contribution < -0.4 is 5.32 Å². The number of ether oxygens (including phenoxy) is 1. The molecule has 0 aliphatic rings. The van der Waals surface area contributed by atoms with E-state index in [-0.39, 0.29) is 11.3 Å². The van der Waals surface area contributed by atoms with Crippen molar-refractivity contribution < 1.29 is 28.0 Å². The molecule has 2 rings (SSSR count). The number of amides is 1. The molecule has 0 aliphatic carbocycles. The van der Waals surface area contributed by atoms with Gasteiger partial charge in [0, 0.05) is 18.2 Å². The molecule has 124 valence electrons. The summed E-state index contributed by atoms with van der Waals surface area (Å²) >= 11 is 0. The Morgan fingerprint density at radius 1 is 1.17 bits per heavy atom. The number of nitro groups is 1. The number of esters is 1. The van der Waals surface area contributed by atoms with Gasteiger partial charge in [0.25, 0.3) is 11.6 Å². The summed E-state index contributed by atoms with van der Waals surface area (Å²) < 4.78 is 31.0. The van der Waals surface area contributed by atoms with Crippen molar-refractivity contribution in [3.05, 3.63) is 69.8 Å². The number of benzene rings is 2. The van der Waals surface area contributed by atoms with E-state index >= 15 is 0 Å². The zero-order chi connectivity index (χ0) is 17.7. The molecule has 0 saturated carbocycles. The van der Waals surface area contributed by atoms with E-state index in [2.05, 4.69) is 4.74 Å². The molecule has 7 nitrogen and oxygen atoms in total. The van der Waals surface area contributed by atoms with Crippen LogP contribution in [0.3, 0.4) is 0 Å². The number of nitrogens with one attached hydrogen (secondary N) is 1. The Kier molecular flexibility index (Phi) is 5.15. The Hall–Kier alpha value is -3.36. The fourth-order valence-electron chi connectivity index (χ4n) is 1.74. The molecule has 0 saturated heterocycles. The zero-order valence-electron chi connectivity index (χ0n) is 12.0. The maximum atomic E-state index is 13.4. The highest BCUT2D eigenvalue weighted by atomic mass is 19.1. The second kappa shape index (κ2) is 7.27. The first-order chi connectivity index (χ1) is 11.4. The number of hydrogen-bond donors (Lipinski definition) is 1. The van der Waals surface area contributed by atoms with E-state index in [9.17, 15) is 28.5 Å². The first-order valence-corrected chi connectivity index (χ1v) is 6.53. The van der Waals surface area contributed by atoms with Crippen LogP contribution in [0.2, 0.25) is 0 Å². The SMILES string of the molecule is O=C(COC(=O)c1cccc([N+](=O)[O-])c1)Nc1cc(F)ccc1F. The second-order valence-electron chi connectivity index (χ2n) is 4.56. The number of nitro benzene ring substituents is 1. The van der Waals surface area contributed by atoms with Gasteiger partial charge in [-0.25, -0.2) is 13.6 Å². The number of non-ortho nitro benzene ring substituents is 1. The minimum Gasteiger partial charge on any atom is -0.452 e. The molecule has 9 heteroatoms. The van der Waals surface area contributed by atoms with E-state index in [4.69, 9.17) is 0 Å². The monoisotopic (exact) mass is 336 g/mol. The average molecular weight is 336 g/mol. The molecule has 0 heterocycles. The number of hydrogen-bond acceptors (Lipinski definition) is 5. The number of rotatable bonds is 5. The largest absolute Gasteiger partial charge is 0.452 e. The molecule has 24 heavy (non-hydrogen) atoms. The highest BCUT2D eigenvalue weighted by molar-refractivity contribution is 5.95. The quantitative estimate of drug-likeness (QED) is 0.514. The summed E-state index contributed by atoms with van der Waals surface area (Å²) in [7, 11) is 0. The number of anilines is 1. The highest BCUT2D eigenvalue weighted by Gasteiger charge is 2.15. The minimum atomic E-state index is -0.964. The molecule has 1 amide bonds. The summed E-state index contributed by atoms with van der Waals surface area (Å²) in [5.41, 5.74) is -0.823. The predicted octanol–water partition coefficient (Wildman–Crippen LogP) is 2.67. The van der Waals surface area contributed by atoms with Gasteiger partial charge >= 0.3 is 5.97 Å². The van der Waals surface area contributed by atoms with Crippen molar-refractivity contribution in [1.29, 1.82) is 0 Å². The fourth-order valence-corrected chi connectivity index (χ4v) is 1.74. The third-order valence-electron chi connectivity index (χ3n) is 2.83. The van der Waals surface area contributed by atoms with Gasteiger partial charge in [-0.1, -0.05) is 6.07 Å². The molecule has 0 aliphatic heterocycles. The van der Waals surface area contributed by atoms with Gasteiger partial charge in [0.1, 0.15) is 11.6 Å². The Morgan fingerprint density at radius 3 is 2.62 bits per heavy atom. The molecule has 1 N–H and O–H groups in total. The van der Waals surface area contributed by atoms with Crippen molar-refractivity contribution in [1.82, 2.24) is 0 Å². The van der Waals surface area contributed by atoms with E-state index < -0.39 is 40.7 Å². The van der Waals surface area contributed by atoms with Crippen LogP contribution in [0.1, 0.15) is 10.4 Å². The van der Waals surface area contributed by atoms with Crippen molar-refractivity contribution in [3.8, 4) is 0 Å². The van der Waals surface area contributed by atoms with Gasteiger partial charge in [-0.3, -0.25) is 14.9 Å². The standard InChI is InChI=1S/C15H10F2N2O5/c16-10-4-5-12(17)13(7-10)18-14(20)8-24-15(21)9-2-1-3-11(6-9)19(22)23/h1-7H,8H2,(H,18,20). The van der Waals surface area contributed by atoms with Crippen molar-refractivity contribution in [2.75, 3.05) is 11.9 Å². The topological polar surface area (TPSA) is 98.5 Å². The predicted molar refractivity (Wildman–Crippen MR) is 78.4 cm³/mol. The zero-order valence-corrected chi connectivity index (χ0v) is 12.0. The van der Waals surface area contributed by atoms with Crippen LogP contribution in [0.4, 0.5) is 20.2 Å². The van der Waals surface area contributed by atoms with Crippen LogP contribution in [-0.4, -0.2) is 23.4 Å². The molecule has 0 bridgehead atoms. The lowest BCUT2D eigenvalue weighted by Crippen LogP contribution is -2.21. The van der Waals surface area contributed by atoms with E-state index in [0.717, 1.165) is 24.3 Å². The van der Waals surface area contributed by atoms with Crippen LogP contribution in [0.5, 0.6) is 0 Å². The summed E-state index contributed by atoms with van der Waals surface area (Å²) in [6.07, 6.45) is 0. The molecule has 0 fully saturated rings. The van der Waals surface area contributed by atoms with Crippen LogP contribution in [-0.2, 0) is 9.53 Å². The lowest BCUT2D eigenvalue weighted by molar-refractivity contribution is -0.384. The van der Waals surface area contributed by atoms with Crippen LogP contribution >= 0.6 is 0 Å². The van der Waals surface area contributed by atoms with Crippen molar-refractivity contribution in [2.45, 2.75) is 0 Å². The van der Waals surface area contributed by atoms with Crippen LogP contribution in [0.15, 0.2) is 42.5 Å². The third-order valence-corrected chi connectivity index (χ3v) is 2.83. The van der Waals surface area contributed by atoms with Crippen molar-refractivity contribution >= 4 is 23.3 Å². The number of halogens is 2. The molecule has 2 aromatic carbocycles. The molecular weight excluding hydrogens is 326 g/mol. The van der Waals surface area contributed by atoms with Gasteiger partial charge in [-0.05, 0) is 18.2 Å². The maximum absolute atomic E-state index is 13.4. The number of carbonyl (C=O) groups excluding carboxylic acids is 2. The number of nitrogens with zero attached hydrogens (tertiary/aromatic N) is 1. The molecule has 0 radical (unpaired) electrons. The summed E-state index contributed by atoms with van der Waals surface area (Å²) in [5.74, 6) is -3.46. The first kappa shape index (κ1) is 17.0. The van der Waals surface area contributed by atoms with Crippen LogP contribution in [0.25, 0.3) is 0 Å². The van der Waals surface area contributed by atoms with E-state index in [0.29, 0.717) is 0 Å². The fraction of sp³-hybridized carbons (Fsp3) is 0.0667. The first-order valence-electron chi connectivity index (χ1n) is 6.53. The normalized spacial score (nSPS) is 10.1. The summed E-state index contributed by atoms with van der Waals surface area (Å²) in [6, 6.07) is 7.24. The molecule has 0 unspecified atom stereocenters. The second-order valence-corrected chi connectivity index (χ2v) is 4.56. The Bertz CT molecular complexity index is 810. The Balaban J connectivity index is 1.96. The highest BCUT2D eigenvalue weighted by Crippen LogP contribution is 2.16. The van der Waals surface area contributed by atoms with Gasteiger partial charge in [0.2, 0.25) is 0 Å². The lowest BCUT2D eigenvalue weighted by atomic mass is 10.2. The van der Waals surface area contributed by atoms with E-state index in [1.165, 1.54) is 18.2 Å². The number of carbonyl (C=O) groups is 2. The molecule has 0 atom stereocenters. The maximum Gasteiger partial charge on any atom is 0.338 e. The van der Waals surface area contributed by atoms with Crippen LogP contribution in [0, 0.1) is 21.7 Å². The smallest absolute Gasteiger partial charge is 0.338 e. The van der Waals surface area contributed by atoms with Gasteiger partial charge in [-0.15, -0.1) is 0 Å². The summed E-state index contributed by atoms with van der Waals surface area (Å²) in [6.45, 7) is -0.766. The third kappa shape index (κ3) is 4.32. The lowest BCUT2D eigenvalue weighted by Gasteiger charge is -2.07. The molecule has 0 aromatic heterocycles. The van der Waals surface area contributed by atoms with Crippen molar-refractivity contribution in [3.63, 3.8) is 0 Å². The van der Waals surface area contributed by atoms with Gasteiger partial charge in [-0.2, -0.15) is 0 Å². The van der Waals surface area contributed by atoms with Gasteiger partial charge in [0.05, 0.1) is 16.2 Å². The molecule has 0 spiro atoms.